The predicted octanol–water partition coefficient (Wildman–Crippen LogP) is 6.36. The first kappa shape index (κ1) is 41.8. The maximum Gasteiger partial charge on any atom is 0.336 e. The molecule has 10 heteroatoms. The fourth-order valence-corrected chi connectivity index (χ4v) is 5.23. The molecule has 0 aliphatic rings. The van der Waals surface area contributed by atoms with Gasteiger partial charge in [0.15, 0.2) is 5.60 Å². The summed E-state index contributed by atoms with van der Waals surface area (Å²) in [6.07, 6.45) is 15.7. The average Bonchev–Trinajstić information content (AvgIpc) is 3.06. The van der Waals surface area contributed by atoms with Crippen molar-refractivity contribution in [1.82, 2.24) is 5.32 Å². The van der Waals surface area contributed by atoms with Crippen molar-refractivity contribution in [3.05, 3.63) is 42.0 Å². The van der Waals surface area contributed by atoms with Crippen molar-refractivity contribution in [2.45, 2.75) is 128 Å². The number of aliphatic hydroxyl groups is 1. The van der Waals surface area contributed by atoms with Gasteiger partial charge in [-0.25, -0.2) is 9.59 Å². The molecule has 1 rings (SSSR count). The number of carboxylic acid groups (broad SMARTS) is 1. The van der Waals surface area contributed by atoms with Crippen LogP contribution in [0.15, 0.2) is 36.4 Å². The second kappa shape index (κ2) is 24.9. The number of methoxy groups -OCH3 is 2. The molecule has 47 heavy (non-hydrogen) atoms. The van der Waals surface area contributed by atoms with E-state index in [1.807, 2.05) is 0 Å². The van der Waals surface area contributed by atoms with E-state index in [0.29, 0.717) is 37.4 Å². The Morgan fingerprint density at radius 2 is 1.47 bits per heavy atom. The highest BCUT2D eigenvalue weighted by Crippen LogP contribution is 2.26. The standard InChI is InChI=1S/C37H59NO9/c1-5-7-9-12-15-18-30(39)19-16-13-10-11-14-17-20-32(37(44,36(42)43)25-27-45-3)34(40)38-33(35(41)46-4)28-29-21-23-31(24-22-29)47-26-8-6-2/h17,20-24,32-33,44H,5-16,18-19,25-28H2,1-4H3,(H,38,40)(H,42,43)/b20-17+/t32-,33?,37+/m1/s1. The van der Waals surface area contributed by atoms with Crippen LogP contribution in [0.1, 0.15) is 116 Å². The summed E-state index contributed by atoms with van der Waals surface area (Å²) < 4.78 is 15.6. The zero-order chi connectivity index (χ0) is 34.9. The number of rotatable bonds is 28. The fraction of sp³-hybridized carbons (Fsp3) is 0.676. The van der Waals surface area contributed by atoms with Crippen LogP contribution in [-0.2, 0) is 35.1 Å². The highest BCUT2D eigenvalue weighted by molar-refractivity contribution is 5.92. The van der Waals surface area contributed by atoms with Gasteiger partial charge in [0.2, 0.25) is 5.91 Å². The van der Waals surface area contributed by atoms with Crippen molar-refractivity contribution < 1.29 is 43.6 Å². The van der Waals surface area contributed by atoms with E-state index in [0.717, 1.165) is 56.9 Å². The van der Waals surface area contributed by atoms with Gasteiger partial charge in [0.25, 0.3) is 0 Å². The first-order valence-corrected chi connectivity index (χ1v) is 17.4. The van der Waals surface area contributed by atoms with Gasteiger partial charge in [-0.15, -0.1) is 0 Å². The molecule has 0 heterocycles. The van der Waals surface area contributed by atoms with E-state index in [-0.39, 0.29) is 19.4 Å². The Morgan fingerprint density at radius 1 is 0.851 bits per heavy atom. The highest BCUT2D eigenvalue weighted by atomic mass is 16.5. The quantitative estimate of drug-likeness (QED) is 0.0530. The van der Waals surface area contributed by atoms with E-state index in [9.17, 15) is 29.4 Å². The molecule has 1 aromatic carbocycles. The molecule has 1 unspecified atom stereocenters. The van der Waals surface area contributed by atoms with Crippen LogP contribution in [-0.4, -0.2) is 72.9 Å². The summed E-state index contributed by atoms with van der Waals surface area (Å²) in [6, 6.07) is 6.03. The van der Waals surface area contributed by atoms with Gasteiger partial charge in [-0.05, 0) is 49.8 Å². The SMILES string of the molecule is CCCCCCCC(=O)CCCCCC/C=C/[C@H](C(=O)NC(Cc1ccc(OCCCC)cc1)C(=O)OC)[C@@](O)(CCOC)C(=O)O. The van der Waals surface area contributed by atoms with Gasteiger partial charge in [-0.1, -0.05) is 83.1 Å². The number of allylic oxidation sites excluding steroid dienone is 1. The van der Waals surface area contributed by atoms with Crippen LogP contribution in [0.2, 0.25) is 0 Å². The molecule has 3 N–H and O–H groups in total. The Hall–Kier alpha value is -3.24. The summed E-state index contributed by atoms with van der Waals surface area (Å²) in [4.78, 5) is 50.7. The Morgan fingerprint density at radius 3 is 2.04 bits per heavy atom. The lowest BCUT2D eigenvalue weighted by Gasteiger charge is -2.30. The summed E-state index contributed by atoms with van der Waals surface area (Å²) in [5, 5.41) is 23.9. The number of ether oxygens (including phenoxy) is 3. The van der Waals surface area contributed by atoms with Crippen LogP contribution >= 0.6 is 0 Å². The van der Waals surface area contributed by atoms with E-state index in [1.165, 1.54) is 39.6 Å². The lowest BCUT2D eigenvalue weighted by Crippen LogP contribution is -2.55. The largest absolute Gasteiger partial charge is 0.494 e. The summed E-state index contributed by atoms with van der Waals surface area (Å²) in [7, 11) is 2.59. The number of esters is 1. The van der Waals surface area contributed by atoms with Crippen LogP contribution in [0.4, 0.5) is 0 Å². The molecule has 0 saturated carbocycles. The van der Waals surface area contributed by atoms with E-state index in [2.05, 4.69) is 19.2 Å². The van der Waals surface area contributed by atoms with Gasteiger partial charge in [-0.3, -0.25) is 9.59 Å². The summed E-state index contributed by atoms with van der Waals surface area (Å²) in [6.45, 7) is 4.76. The zero-order valence-corrected chi connectivity index (χ0v) is 29.1. The number of carbonyl (C=O) groups excluding carboxylic acids is 3. The molecule has 1 aromatic rings. The maximum atomic E-state index is 13.6. The Bertz CT molecular complexity index is 1070. The molecular formula is C37H59NO9. The molecule has 266 valence electrons. The number of amides is 1. The van der Waals surface area contributed by atoms with Gasteiger partial charge in [-0.2, -0.15) is 0 Å². The molecule has 0 fully saturated rings. The van der Waals surface area contributed by atoms with Crippen molar-refractivity contribution in [2.75, 3.05) is 27.4 Å². The second-order valence-electron chi connectivity index (χ2n) is 12.2. The monoisotopic (exact) mass is 661 g/mol. The van der Waals surface area contributed by atoms with Gasteiger partial charge in [0, 0.05) is 39.4 Å². The van der Waals surface area contributed by atoms with Gasteiger partial charge >= 0.3 is 11.9 Å². The molecule has 0 aliphatic carbocycles. The number of Topliss-reactive ketones (excluding diaryl/α,β-unsaturated/α-hetero) is 1. The molecule has 3 atom stereocenters. The lowest BCUT2D eigenvalue weighted by molar-refractivity contribution is -0.169. The van der Waals surface area contributed by atoms with Crippen molar-refractivity contribution in [2.24, 2.45) is 5.92 Å². The van der Waals surface area contributed by atoms with E-state index >= 15 is 0 Å². The van der Waals surface area contributed by atoms with Crippen LogP contribution in [0.3, 0.4) is 0 Å². The van der Waals surface area contributed by atoms with Crippen LogP contribution in [0.5, 0.6) is 5.75 Å². The zero-order valence-electron chi connectivity index (χ0n) is 29.1. The number of nitrogens with one attached hydrogen (secondary N) is 1. The van der Waals surface area contributed by atoms with Crippen LogP contribution in [0, 0.1) is 5.92 Å². The molecule has 0 aliphatic heterocycles. The number of aliphatic carboxylic acids is 1. The van der Waals surface area contributed by atoms with E-state index < -0.39 is 35.4 Å². The first-order valence-electron chi connectivity index (χ1n) is 17.4. The maximum absolute atomic E-state index is 13.6. The van der Waals surface area contributed by atoms with Gasteiger partial charge < -0.3 is 29.7 Å². The normalized spacial score (nSPS) is 13.9. The number of hydrogen-bond acceptors (Lipinski definition) is 8. The van der Waals surface area contributed by atoms with Crippen LogP contribution in [0.25, 0.3) is 0 Å². The van der Waals surface area contributed by atoms with E-state index in [4.69, 9.17) is 14.2 Å². The molecule has 0 saturated heterocycles. The lowest BCUT2D eigenvalue weighted by atomic mass is 9.83. The molecule has 0 spiro atoms. The van der Waals surface area contributed by atoms with E-state index in [1.54, 1.807) is 30.3 Å². The number of carboxylic acids is 1. The number of hydrogen-bond donors (Lipinski definition) is 3. The van der Waals surface area contributed by atoms with Crippen LogP contribution < -0.4 is 10.1 Å². The molecular weight excluding hydrogens is 602 g/mol. The third-order valence-corrected chi connectivity index (χ3v) is 8.25. The van der Waals surface area contributed by atoms with Crippen molar-refractivity contribution in [3.63, 3.8) is 0 Å². The molecule has 0 radical (unpaired) electrons. The Kier molecular flexibility index (Phi) is 22.1. The average molecular weight is 662 g/mol. The Balaban J connectivity index is 2.85. The highest BCUT2D eigenvalue weighted by Gasteiger charge is 2.47. The minimum absolute atomic E-state index is 0.0923. The molecule has 0 aromatic heterocycles. The number of ketones is 1. The minimum Gasteiger partial charge on any atom is -0.494 e. The summed E-state index contributed by atoms with van der Waals surface area (Å²) >= 11 is 0. The smallest absolute Gasteiger partial charge is 0.336 e. The second-order valence-corrected chi connectivity index (χ2v) is 12.2. The third kappa shape index (κ3) is 16.9. The topological polar surface area (TPSA) is 148 Å². The van der Waals surface area contributed by atoms with Crippen molar-refractivity contribution in [3.8, 4) is 5.75 Å². The summed E-state index contributed by atoms with van der Waals surface area (Å²) in [5.41, 5.74) is -1.73. The fourth-order valence-electron chi connectivity index (χ4n) is 5.23. The minimum atomic E-state index is -2.47. The molecule has 1 amide bonds. The van der Waals surface area contributed by atoms with Gasteiger partial charge in [0.05, 0.1) is 19.6 Å². The number of unbranched alkanes of at least 4 members (excludes halogenated alkanes) is 9. The third-order valence-electron chi connectivity index (χ3n) is 8.25. The van der Waals surface area contributed by atoms with Crippen molar-refractivity contribution in [1.29, 1.82) is 0 Å². The number of benzene rings is 1. The molecule has 10 nitrogen and oxygen atoms in total. The molecule has 0 bridgehead atoms. The number of carbonyl (C=O) groups is 4. The van der Waals surface area contributed by atoms with Crippen molar-refractivity contribution >= 4 is 23.6 Å². The predicted molar refractivity (Wildman–Crippen MR) is 182 cm³/mol. The summed E-state index contributed by atoms with van der Waals surface area (Å²) in [5.74, 6) is -3.56. The van der Waals surface area contributed by atoms with Gasteiger partial charge in [0.1, 0.15) is 17.6 Å². The first-order chi connectivity index (χ1) is 22.6. The Labute approximate surface area is 281 Å².